The lowest BCUT2D eigenvalue weighted by atomic mass is 9.88. The number of benzene rings is 1. The summed E-state index contributed by atoms with van der Waals surface area (Å²) in [7, 11) is 0. The van der Waals surface area contributed by atoms with Crippen molar-refractivity contribution in [2.75, 3.05) is 6.61 Å². The van der Waals surface area contributed by atoms with E-state index in [4.69, 9.17) is 4.74 Å². The molecule has 0 bridgehead atoms. The molecule has 1 aliphatic carbocycles. The second-order valence-corrected chi connectivity index (χ2v) is 6.59. The second kappa shape index (κ2) is 7.00. The highest BCUT2D eigenvalue weighted by Gasteiger charge is 3.00. The van der Waals surface area contributed by atoms with E-state index in [1.54, 1.807) is 0 Å². The van der Waals surface area contributed by atoms with Crippen molar-refractivity contribution in [1.29, 1.82) is 0 Å². The molecule has 28 heavy (non-hydrogen) atoms. The topological polar surface area (TPSA) is 29.5 Å². The Bertz CT molecular complexity index is 680. The number of alkyl halides is 9. The summed E-state index contributed by atoms with van der Waals surface area (Å²) >= 11 is 0. The van der Waals surface area contributed by atoms with Crippen LogP contribution in [0.3, 0.4) is 0 Å². The van der Waals surface area contributed by atoms with E-state index in [0.717, 1.165) is 18.6 Å². The number of unbranched alkanes of at least 4 members (excludes halogenated alkanes) is 1. The van der Waals surface area contributed by atoms with Gasteiger partial charge >= 0.3 is 23.7 Å². The summed E-state index contributed by atoms with van der Waals surface area (Å²) in [6, 6.07) is 4.56. The summed E-state index contributed by atoms with van der Waals surface area (Å²) in [5.74, 6) is -26.1. The van der Waals surface area contributed by atoms with Crippen LogP contribution in [0.5, 0.6) is 5.75 Å². The highest BCUT2D eigenvalue weighted by Crippen LogP contribution is 2.70. The first-order valence-corrected chi connectivity index (χ1v) is 8.28. The van der Waals surface area contributed by atoms with Crippen molar-refractivity contribution in [3.05, 3.63) is 29.8 Å². The van der Waals surface area contributed by atoms with Crippen LogP contribution >= 0.6 is 0 Å². The molecule has 0 aliphatic heterocycles. The zero-order chi connectivity index (χ0) is 21.6. The van der Waals surface area contributed by atoms with Crippen LogP contribution in [0.1, 0.15) is 37.9 Å². The highest BCUT2D eigenvalue weighted by molar-refractivity contribution is 5.32. The maximum Gasteiger partial charge on any atom is 0.381 e. The van der Waals surface area contributed by atoms with Gasteiger partial charge in [0.15, 0.2) is 0 Å². The molecule has 1 unspecified atom stereocenters. The number of hydrogen-bond donors (Lipinski definition) is 1. The van der Waals surface area contributed by atoms with Gasteiger partial charge < -0.3 is 9.84 Å². The molecule has 11 heteroatoms. The van der Waals surface area contributed by atoms with Crippen molar-refractivity contribution >= 4 is 0 Å². The SMILES string of the molecule is CCCCOc1cccc(C(O)CC2(F)C(F)(F)C(F)(F)C(F)(F)C2(F)F)c1. The third-order valence-corrected chi connectivity index (χ3v) is 4.66. The van der Waals surface area contributed by atoms with Gasteiger partial charge in [0.1, 0.15) is 5.75 Å². The van der Waals surface area contributed by atoms with Crippen molar-refractivity contribution in [3.8, 4) is 5.75 Å². The fourth-order valence-electron chi connectivity index (χ4n) is 2.88. The maximum absolute atomic E-state index is 14.5. The first kappa shape index (κ1) is 22.6. The minimum Gasteiger partial charge on any atom is -0.494 e. The van der Waals surface area contributed by atoms with Crippen molar-refractivity contribution in [2.45, 2.75) is 61.6 Å². The molecule has 0 saturated heterocycles. The van der Waals surface area contributed by atoms with Gasteiger partial charge in [-0.3, -0.25) is 0 Å². The van der Waals surface area contributed by atoms with E-state index in [1.807, 2.05) is 6.92 Å². The summed E-state index contributed by atoms with van der Waals surface area (Å²) in [5.41, 5.74) is -6.12. The summed E-state index contributed by atoms with van der Waals surface area (Å²) in [6.45, 7) is 2.08. The van der Waals surface area contributed by atoms with Crippen LogP contribution in [0.15, 0.2) is 24.3 Å². The van der Waals surface area contributed by atoms with Crippen LogP contribution in [0.25, 0.3) is 0 Å². The number of aliphatic hydroxyl groups excluding tert-OH is 1. The number of ether oxygens (including phenoxy) is 1. The van der Waals surface area contributed by atoms with E-state index in [9.17, 15) is 44.6 Å². The van der Waals surface area contributed by atoms with E-state index in [0.29, 0.717) is 6.42 Å². The Balaban J connectivity index is 2.34. The van der Waals surface area contributed by atoms with Crippen LogP contribution in [-0.4, -0.2) is 41.1 Å². The molecular weight excluding hydrogens is 407 g/mol. The van der Waals surface area contributed by atoms with Gasteiger partial charge in [-0.2, -0.15) is 35.1 Å². The quantitative estimate of drug-likeness (QED) is 0.459. The van der Waals surface area contributed by atoms with Crippen LogP contribution < -0.4 is 4.74 Å². The molecular formula is C17H17F9O2. The molecule has 0 aromatic heterocycles. The van der Waals surface area contributed by atoms with Gasteiger partial charge in [0.25, 0.3) is 5.67 Å². The first-order chi connectivity index (χ1) is 12.7. The van der Waals surface area contributed by atoms with Crippen LogP contribution in [0.2, 0.25) is 0 Å². The molecule has 0 spiro atoms. The zero-order valence-electron chi connectivity index (χ0n) is 14.5. The van der Waals surface area contributed by atoms with Gasteiger partial charge in [0.05, 0.1) is 12.7 Å². The zero-order valence-corrected chi connectivity index (χ0v) is 14.5. The van der Waals surface area contributed by atoms with E-state index in [1.165, 1.54) is 12.1 Å². The van der Waals surface area contributed by atoms with Crippen LogP contribution in [-0.2, 0) is 0 Å². The molecule has 1 atom stereocenters. The number of hydrogen-bond acceptors (Lipinski definition) is 2. The van der Waals surface area contributed by atoms with Gasteiger partial charge in [0.2, 0.25) is 0 Å². The van der Waals surface area contributed by atoms with Gasteiger partial charge in [-0.15, -0.1) is 0 Å². The Hall–Kier alpha value is -1.65. The number of aliphatic hydroxyl groups is 1. The smallest absolute Gasteiger partial charge is 0.381 e. The first-order valence-electron chi connectivity index (χ1n) is 8.28. The largest absolute Gasteiger partial charge is 0.494 e. The molecule has 1 fully saturated rings. The average molecular weight is 424 g/mol. The molecule has 1 N–H and O–H groups in total. The standard InChI is InChI=1S/C17H17F9O2/c1-2-3-7-28-11-6-4-5-10(8-11)12(27)9-13(18)14(19,20)16(23,24)17(25,26)15(13,21)22/h4-6,8,12,27H,2-3,7,9H2,1H3. The average Bonchev–Trinajstić information content (AvgIpc) is 2.65. The minimum absolute atomic E-state index is 0.0681. The summed E-state index contributed by atoms with van der Waals surface area (Å²) in [4.78, 5) is 0. The Kier molecular flexibility index (Phi) is 5.66. The second-order valence-electron chi connectivity index (χ2n) is 6.59. The van der Waals surface area contributed by atoms with Crippen molar-refractivity contribution in [3.63, 3.8) is 0 Å². The molecule has 160 valence electrons. The van der Waals surface area contributed by atoms with Crippen LogP contribution in [0.4, 0.5) is 39.5 Å². The van der Waals surface area contributed by atoms with E-state index < -0.39 is 47.4 Å². The molecule has 0 amide bonds. The fourth-order valence-corrected chi connectivity index (χ4v) is 2.88. The van der Waals surface area contributed by atoms with Gasteiger partial charge in [0, 0.05) is 6.42 Å². The lowest BCUT2D eigenvalue weighted by molar-refractivity contribution is -0.303. The maximum atomic E-state index is 14.5. The predicted molar refractivity (Wildman–Crippen MR) is 80.0 cm³/mol. The Morgan fingerprint density at radius 1 is 0.893 bits per heavy atom. The van der Waals surface area contributed by atoms with E-state index in [-0.39, 0.29) is 12.4 Å². The van der Waals surface area contributed by atoms with Crippen molar-refractivity contribution in [2.24, 2.45) is 0 Å². The van der Waals surface area contributed by atoms with Crippen LogP contribution in [0, 0.1) is 0 Å². The molecule has 1 saturated carbocycles. The Morgan fingerprint density at radius 2 is 1.43 bits per heavy atom. The predicted octanol–water partition coefficient (Wildman–Crippen LogP) is 5.55. The fraction of sp³-hybridized carbons (Fsp3) is 0.647. The van der Waals surface area contributed by atoms with Gasteiger partial charge in [-0.1, -0.05) is 25.5 Å². The Labute approximate surface area is 154 Å². The van der Waals surface area contributed by atoms with Crippen molar-refractivity contribution in [1.82, 2.24) is 0 Å². The molecule has 1 aromatic carbocycles. The molecule has 1 aliphatic rings. The molecule has 0 heterocycles. The monoisotopic (exact) mass is 424 g/mol. The van der Waals surface area contributed by atoms with E-state index >= 15 is 0 Å². The third-order valence-electron chi connectivity index (χ3n) is 4.66. The third kappa shape index (κ3) is 2.93. The number of halogens is 9. The summed E-state index contributed by atoms with van der Waals surface area (Å²) in [5, 5.41) is 9.90. The molecule has 2 rings (SSSR count). The molecule has 1 aromatic rings. The lowest BCUT2D eigenvalue weighted by Gasteiger charge is -2.32. The number of rotatable bonds is 7. The summed E-state index contributed by atoms with van der Waals surface area (Å²) in [6.07, 6.45) is -3.49. The van der Waals surface area contributed by atoms with Gasteiger partial charge in [-0.25, -0.2) is 4.39 Å². The lowest BCUT2D eigenvalue weighted by Crippen LogP contribution is -2.55. The highest BCUT2D eigenvalue weighted by atomic mass is 19.4. The van der Waals surface area contributed by atoms with Gasteiger partial charge in [-0.05, 0) is 24.1 Å². The van der Waals surface area contributed by atoms with E-state index in [2.05, 4.69) is 0 Å². The minimum atomic E-state index is -6.65. The van der Waals surface area contributed by atoms with Crippen molar-refractivity contribution < 1.29 is 49.4 Å². The Morgan fingerprint density at radius 3 is 1.93 bits per heavy atom. The molecule has 0 radical (unpaired) electrons. The normalized spacial score (nSPS) is 24.7. The summed E-state index contributed by atoms with van der Waals surface area (Å²) < 4.78 is 128. The molecule has 2 nitrogen and oxygen atoms in total.